The first-order valence-electron chi connectivity index (χ1n) is 3.97. The van der Waals surface area contributed by atoms with Crippen molar-refractivity contribution in [1.29, 1.82) is 0 Å². The standard InChI is InChI=1S/C8H8O2.C2H6BrS/c1-6(9)7-2-4-8(10)5-3-7;1-4(2)3/h2-5,10H,1H3;1-2H3/q;+1. The van der Waals surface area contributed by atoms with Crippen LogP contribution in [0.4, 0.5) is 0 Å². The largest absolute Gasteiger partial charge is 0.508 e. The fourth-order valence-electron chi connectivity index (χ4n) is 0.696. The zero-order chi connectivity index (χ0) is 11.1. The molecule has 4 heteroatoms. The summed E-state index contributed by atoms with van der Waals surface area (Å²) in [6.07, 6.45) is 4.22. The minimum atomic E-state index is 0.0139. The van der Waals surface area contributed by atoms with Gasteiger partial charge in [0.15, 0.2) is 5.78 Å². The highest BCUT2D eigenvalue weighted by atomic mass is 79.9. The van der Waals surface area contributed by atoms with Gasteiger partial charge in [-0.2, -0.15) is 0 Å². The van der Waals surface area contributed by atoms with Crippen LogP contribution in [0.1, 0.15) is 17.3 Å². The molecule has 2 nitrogen and oxygen atoms in total. The first-order chi connectivity index (χ1) is 6.43. The Hall–Kier alpha value is -0.480. The Morgan fingerprint density at radius 1 is 1.29 bits per heavy atom. The second kappa shape index (κ2) is 6.90. The van der Waals surface area contributed by atoms with Crippen LogP contribution < -0.4 is 0 Å². The molecule has 0 unspecified atom stereocenters. The third-order valence-electron chi connectivity index (χ3n) is 1.27. The highest BCUT2D eigenvalue weighted by molar-refractivity contribution is 9.48. The lowest BCUT2D eigenvalue weighted by molar-refractivity contribution is 0.101. The lowest BCUT2D eigenvalue weighted by Crippen LogP contribution is -1.89. The van der Waals surface area contributed by atoms with E-state index in [2.05, 4.69) is 27.3 Å². The van der Waals surface area contributed by atoms with Crippen molar-refractivity contribution in [1.82, 2.24) is 0 Å². The minimum Gasteiger partial charge on any atom is -0.508 e. The van der Waals surface area contributed by atoms with Crippen molar-refractivity contribution >= 4 is 29.9 Å². The van der Waals surface area contributed by atoms with Gasteiger partial charge in [0.2, 0.25) is 14.8 Å². The second-order valence-corrected chi connectivity index (χ2v) is 8.14. The molecule has 0 saturated heterocycles. The lowest BCUT2D eigenvalue weighted by atomic mass is 10.1. The van der Waals surface area contributed by atoms with Crippen LogP contribution in [0.2, 0.25) is 0 Å². The maximum absolute atomic E-state index is 10.7. The number of ketones is 1. The number of carbonyl (C=O) groups excluding carboxylic acids is 1. The molecule has 0 heterocycles. The Bertz CT molecular complexity index is 280. The molecule has 0 aliphatic carbocycles. The van der Waals surface area contributed by atoms with Crippen LogP contribution in [0.3, 0.4) is 0 Å². The molecule has 14 heavy (non-hydrogen) atoms. The second-order valence-electron chi connectivity index (χ2n) is 2.82. The average molecular weight is 278 g/mol. The van der Waals surface area contributed by atoms with Crippen LogP contribution in [0.15, 0.2) is 24.3 Å². The molecule has 0 aliphatic rings. The molecule has 0 atom stereocenters. The Morgan fingerprint density at radius 2 is 1.64 bits per heavy atom. The van der Waals surface area contributed by atoms with E-state index in [1.807, 2.05) is 0 Å². The first kappa shape index (κ1) is 13.5. The van der Waals surface area contributed by atoms with E-state index in [-0.39, 0.29) is 11.5 Å². The summed E-state index contributed by atoms with van der Waals surface area (Å²) in [6.45, 7) is 1.49. The number of rotatable bonds is 1. The van der Waals surface area contributed by atoms with E-state index in [4.69, 9.17) is 5.11 Å². The summed E-state index contributed by atoms with van der Waals surface area (Å²) in [4.78, 5) is 10.7. The van der Waals surface area contributed by atoms with Crippen LogP contribution in [-0.4, -0.2) is 23.4 Å². The number of aromatic hydroxyl groups is 1. The minimum absolute atomic E-state index is 0.0139. The number of benzene rings is 1. The molecule has 0 saturated carbocycles. The third kappa shape index (κ3) is 6.97. The summed E-state index contributed by atoms with van der Waals surface area (Å²) >= 11 is 3.30. The molecule has 0 amide bonds. The molecule has 1 aromatic rings. The van der Waals surface area contributed by atoms with E-state index in [1.54, 1.807) is 12.1 Å². The average Bonchev–Trinajstić information content (AvgIpc) is 2.03. The van der Waals surface area contributed by atoms with Gasteiger partial charge in [0, 0.05) is 5.56 Å². The van der Waals surface area contributed by atoms with Gasteiger partial charge in [-0.15, -0.1) is 0 Å². The Labute approximate surface area is 94.9 Å². The van der Waals surface area contributed by atoms with Gasteiger partial charge in [-0.3, -0.25) is 4.79 Å². The van der Waals surface area contributed by atoms with Crippen molar-refractivity contribution in [2.45, 2.75) is 6.92 Å². The fourth-order valence-corrected chi connectivity index (χ4v) is 0.696. The molecular weight excluding hydrogens is 264 g/mol. The Balaban J connectivity index is 0.000000364. The van der Waals surface area contributed by atoms with E-state index < -0.39 is 0 Å². The fraction of sp³-hybridized carbons (Fsp3) is 0.300. The maximum Gasteiger partial charge on any atom is 0.231 e. The van der Waals surface area contributed by atoms with Crippen molar-refractivity contribution in [3.63, 3.8) is 0 Å². The molecule has 0 aliphatic heterocycles. The zero-order valence-corrected chi connectivity index (χ0v) is 10.9. The van der Waals surface area contributed by atoms with Crippen molar-refractivity contribution in [2.75, 3.05) is 12.5 Å². The van der Waals surface area contributed by atoms with Gasteiger partial charge in [-0.1, -0.05) is 0 Å². The zero-order valence-electron chi connectivity index (χ0n) is 8.45. The third-order valence-corrected chi connectivity index (χ3v) is 1.27. The van der Waals surface area contributed by atoms with E-state index in [1.165, 1.54) is 19.1 Å². The lowest BCUT2D eigenvalue weighted by Gasteiger charge is -1.93. The topological polar surface area (TPSA) is 37.3 Å². The van der Waals surface area contributed by atoms with Crippen LogP contribution in [-0.2, 0) is 9.33 Å². The molecule has 0 bridgehead atoms. The molecule has 1 aromatic carbocycles. The predicted molar refractivity (Wildman–Crippen MR) is 66.3 cm³/mol. The number of halogens is 1. The number of phenolic OH excluding ortho intramolecular Hbond substituents is 1. The number of carbonyl (C=O) groups is 1. The van der Waals surface area contributed by atoms with Crippen LogP contribution >= 0.6 is 14.8 Å². The summed E-state index contributed by atoms with van der Waals surface area (Å²) in [5.74, 6) is 0.199. The molecule has 1 N–H and O–H groups in total. The van der Waals surface area contributed by atoms with E-state index >= 15 is 0 Å². The van der Waals surface area contributed by atoms with Gasteiger partial charge in [-0.05, 0) is 31.2 Å². The molecule has 0 radical (unpaired) electrons. The first-order valence-corrected chi connectivity index (χ1v) is 7.85. The molecule has 78 valence electrons. The van der Waals surface area contributed by atoms with E-state index in [0.717, 1.165) is 0 Å². The summed E-state index contributed by atoms with van der Waals surface area (Å²) < 4.78 is 0. The number of hydrogen-bond acceptors (Lipinski definition) is 2. The number of hydrogen-bond donors (Lipinski definition) is 1. The van der Waals surface area contributed by atoms with Crippen LogP contribution in [0.25, 0.3) is 0 Å². The smallest absolute Gasteiger partial charge is 0.231 e. The maximum atomic E-state index is 10.7. The summed E-state index contributed by atoms with van der Waals surface area (Å²) in [5.41, 5.74) is 0.623. The van der Waals surface area contributed by atoms with Gasteiger partial charge in [-0.25, -0.2) is 0 Å². The van der Waals surface area contributed by atoms with Crippen molar-refractivity contribution < 1.29 is 9.90 Å². The van der Waals surface area contributed by atoms with Crippen molar-refractivity contribution in [2.24, 2.45) is 0 Å². The highest BCUT2D eigenvalue weighted by Gasteiger charge is 1.96. The van der Waals surface area contributed by atoms with Gasteiger partial charge >= 0.3 is 0 Å². The Kier molecular flexibility index (Phi) is 6.66. The van der Waals surface area contributed by atoms with E-state index in [0.29, 0.717) is 14.9 Å². The molecule has 1 rings (SSSR count). The monoisotopic (exact) mass is 277 g/mol. The number of phenols is 1. The summed E-state index contributed by atoms with van der Waals surface area (Å²) in [5, 5.41) is 8.83. The van der Waals surface area contributed by atoms with Gasteiger partial charge in [0.1, 0.15) is 18.3 Å². The van der Waals surface area contributed by atoms with Gasteiger partial charge < -0.3 is 5.11 Å². The predicted octanol–water partition coefficient (Wildman–Crippen LogP) is 2.77. The van der Waals surface area contributed by atoms with E-state index in [9.17, 15) is 4.79 Å². The summed E-state index contributed by atoms with van der Waals surface area (Å²) in [7, 11) is 0.451. The van der Waals surface area contributed by atoms with Crippen LogP contribution in [0.5, 0.6) is 5.75 Å². The van der Waals surface area contributed by atoms with Crippen molar-refractivity contribution in [3.8, 4) is 5.75 Å². The Morgan fingerprint density at radius 3 is 1.93 bits per heavy atom. The van der Waals surface area contributed by atoms with Gasteiger partial charge in [0.25, 0.3) is 0 Å². The summed E-state index contributed by atoms with van der Waals surface area (Å²) in [6, 6.07) is 6.18. The van der Waals surface area contributed by atoms with Gasteiger partial charge in [0.05, 0.1) is 9.33 Å². The molecule has 0 aromatic heterocycles. The quantitative estimate of drug-likeness (QED) is 0.633. The highest BCUT2D eigenvalue weighted by Crippen LogP contribution is 2.09. The molecular formula is C10H14BrO2S+. The van der Waals surface area contributed by atoms with Crippen LogP contribution in [0, 0.1) is 0 Å². The normalized spacial score (nSPS) is 9.21. The molecule has 0 fully saturated rings. The SMILES string of the molecule is CC(=O)c1ccc(O)cc1.C[S+](C)Br. The number of Topliss-reactive ketones (excluding diaryl/α,β-unsaturated/α-hetero) is 1. The van der Waals surface area contributed by atoms with Crippen molar-refractivity contribution in [3.05, 3.63) is 29.8 Å². The molecule has 0 spiro atoms.